The minimum absolute atomic E-state index is 0.537. The Morgan fingerprint density at radius 3 is 2.64 bits per heavy atom. The monoisotopic (exact) mass is 303 g/mol. The molecule has 4 heteroatoms. The Bertz CT molecular complexity index is 425. The van der Waals surface area contributed by atoms with Crippen LogP contribution in [0.4, 0.5) is 5.69 Å². The van der Waals surface area contributed by atoms with Crippen LogP contribution in [0.15, 0.2) is 30.3 Å². The normalized spacial score (nSPS) is 25.1. The van der Waals surface area contributed by atoms with Crippen LogP contribution in [0.3, 0.4) is 0 Å². The van der Waals surface area contributed by atoms with Gasteiger partial charge in [-0.05, 0) is 31.9 Å². The summed E-state index contributed by atoms with van der Waals surface area (Å²) >= 11 is 0. The molecule has 4 nitrogen and oxygen atoms in total. The third-order valence-corrected chi connectivity index (χ3v) is 4.71. The van der Waals surface area contributed by atoms with Crippen molar-refractivity contribution in [3.05, 3.63) is 30.3 Å². The molecule has 1 N–H and O–H groups in total. The van der Waals surface area contributed by atoms with E-state index in [1.807, 2.05) is 0 Å². The average molecular weight is 303 g/mol. The fourth-order valence-corrected chi connectivity index (χ4v) is 3.54. The Morgan fingerprint density at radius 2 is 1.95 bits per heavy atom. The molecule has 0 amide bonds. The summed E-state index contributed by atoms with van der Waals surface area (Å²) in [6.07, 6.45) is 2.45. The molecule has 0 unspecified atom stereocenters. The smallest absolute Gasteiger partial charge is 0.0619 e. The van der Waals surface area contributed by atoms with Gasteiger partial charge in [0, 0.05) is 57.1 Å². The molecule has 0 bridgehead atoms. The van der Waals surface area contributed by atoms with Crippen molar-refractivity contribution in [1.82, 2.24) is 10.2 Å². The van der Waals surface area contributed by atoms with Crippen molar-refractivity contribution in [2.75, 3.05) is 50.8 Å². The second-order valence-corrected chi connectivity index (χ2v) is 6.60. The van der Waals surface area contributed by atoms with E-state index in [1.165, 1.54) is 18.5 Å². The molecule has 2 atom stereocenters. The van der Waals surface area contributed by atoms with E-state index in [2.05, 4.69) is 52.4 Å². The Labute approximate surface area is 134 Å². The molecule has 0 spiro atoms. The highest BCUT2D eigenvalue weighted by Crippen LogP contribution is 2.15. The van der Waals surface area contributed by atoms with E-state index in [0.29, 0.717) is 12.1 Å². The van der Waals surface area contributed by atoms with Gasteiger partial charge in [0.1, 0.15) is 0 Å². The first-order valence-electron chi connectivity index (χ1n) is 8.67. The van der Waals surface area contributed by atoms with E-state index in [1.54, 1.807) is 0 Å². The molecule has 1 aromatic rings. The van der Waals surface area contributed by atoms with Crippen molar-refractivity contribution in [2.45, 2.75) is 31.8 Å². The molecule has 0 aromatic heterocycles. The van der Waals surface area contributed by atoms with E-state index >= 15 is 0 Å². The van der Waals surface area contributed by atoms with Crippen molar-refractivity contribution in [3.8, 4) is 0 Å². The summed E-state index contributed by atoms with van der Waals surface area (Å²) in [6.45, 7) is 9.83. The molecule has 2 aliphatic heterocycles. The SMILES string of the molecule is C[C@@H](CN1CCN(c2ccccc2)CC1)N[C@H]1CCCOC1. The molecule has 22 heavy (non-hydrogen) atoms. The van der Waals surface area contributed by atoms with Crippen molar-refractivity contribution >= 4 is 5.69 Å². The number of para-hydroxylation sites is 1. The predicted octanol–water partition coefficient (Wildman–Crippen LogP) is 1.97. The molecule has 0 saturated carbocycles. The van der Waals surface area contributed by atoms with E-state index in [9.17, 15) is 0 Å². The van der Waals surface area contributed by atoms with Gasteiger partial charge in [0.2, 0.25) is 0 Å². The highest BCUT2D eigenvalue weighted by Gasteiger charge is 2.21. The molecule has 2 heterocycles. The molecular weight excluding hydrogens is 274 g/mol. The number of benzene rings is 1. The van der Waals surface area contributed by atoms with Crippen molar-refractivity contribution < 1.29 is 4.74 Å². The Hall–Kier alpha value is -1.10. The van der Waals surface area contributed by atoms with E-state index in [4.69, 9.17) is 4.74 Å². The van der Waals surface area contributed by atoms with Gasteiger partial charge in [0.15, 0.2) is 0 Å². The Morgan fingerprint density at radius 1 is 1.18 bits per heavy atom. The largest absolute Gasteiger partial charge is 0.380 e. The molecule has 2 fully saturated rings. The summed E-state index contributed by atoms with van der Waals surface area (Å²) < 4.78 is 5.55. The van der Waals surface area contributed by atoms with Crippen molar-refractivity contribution in [3.63, 3.8) is 0 Å². The zero-order chi connectivity index (χ0) is 15.2. The lowest BCUT2D eigenvalue weighted by atomic mass is 10.1. The summed E-state index contributed by atoms with van der Waals surface area (Å²) in [5, 5.41) is 3.73. The van der Waals surface area contributed by atoms with Crippen LogP contribution >= 0.6 is 0 Å². The molecule has 2 aliphatic rings. The first kappa shape index (κ1) is 15.8. The lowest BCUT2D eigenvalue weighted by molar-refractivity contribution is 0.0647. The fourth-order valence-electron chi connectivity index (χ4n) is 3.54. The van der Waals surface area contributed by atoms with Crippen LogP contribution in [-0.2, 0) is 4.74 Å². The van der Waals surface area contributed by atoms with Crippen LogP contribution < -0.4 is 10.2 Å². The first-order valence-corrected chi connectivity index (χ1v) is 8.67. The number of nitrogens with one attached hydrogen (secondary N) is 1. The van der Waals surface area contributed by atoms with Crippen LogP contribution in [0.2, 0.25) is 0 Å². The zero-order valence-electron chi connectivity index (χ0n) is 13.7. The summed E-state index contributed by atoms with van der Waals surface area (Å²) in [4.78, 5) is 5.07. The maximum atomic E-state index is 5.55. The highest BCUT2D eigenvalue weighted by molar-refractivity contribution is 5.46. The number of anilines is 1. The lowest BCUT2D eigenvalue weighted by Gasteiger charge is -2.38. The molecule has 1 aromatic carbocycles. The van der Waals surface area contributed by atoms with Gasteiger partial charge >= 0.3 is 0 Å². The van der Waals surface area contributed by atoms with Gasteiger partial charge in [0.25, 0.3) is 0 Å². The first-order chi connectivity index (χ1) is 10.8. The molecule has 122 valence electrons. The minimum atomic E-state index is 0.537. The highest BCUT2D eigenvalue weighted by atomic mass is 16.5. The zero-order valence-corrected chi connectivity index (χ0v) is 13.7. The van der Waals surface area contributed by atoms with Gasteiger partial charge in [0.05, 0.1) is 6.61 Å². The number of piperazine rings is 1. The van der Waals surface area contributed by atoms with Crippen LogP contribution in [-0.4, -0.2) is 62.9 Å². The average Bonchev–Trinajstić information content (AvgIpc) is 2.57. The van der Waals surface area contributed by atoms with Gasteiger partial charge in [-0.15, -0.1) is 0 Å². The second-order valence-electron chi connectivity index (χ2n) is 6.60. The van der Waals surface area contributed by atoms with Gasteiger partial charge in [-0.2, -0.15) is 0 Å². The Balaban J connectivity index is 1.39. The topological polar surface area (TPSA) is 27.7 Å². The number of hydrogen-bond acceptors (Lipinski definition) is 4. The van der Waals surface area contributed by atoms with Crippen LogP contribution in [0.25, 0.3) is 0 Å². The summed E-state index contributed by atoms with van der Waals surface area (Å²) in [6, 6.07) is 11.8. The van der Waals surface area contributed by atoms with Gasteiger partial charge < -0.3 is 15.0 Å². The van der Waals surface area contributed by atoms with Crippen LogP contribution in [0.5, 0.6) is 0 Å². The van der Waals surface area contributed by atoms with Gasteiger partial charge in [-0.3, -0.25) is 4.90 Å². The van der Waals surface area contributed by atoms with E-state index in [0.717, 1.165) is 45.9 Å². The molecule has 3 rings (SSSR count). The third kappa shape index (κ3) is 4.45. The van der Waals surface area contributed by atoms with Gasteiger partial charge in [-0.25, -0.2) is 0 Å². The lowest BCUT2D eigenvalue weighted by Crippen LogP contribution is -2.52. The van der Waals surface area contributed by atoms with Crippen molar-refractivity contribution in [1.29, 1.82) is 0 Å². The van der Waals surface area contributed by atoms with E-state index in [-0.39, 0.29) is 0 Å². The summed E-state index contributed by atoms with van der Waals surface area (Å²) in [7, 11) is 0. The number of rotatable bonds is 5. The number of ether oxygens (including phenoxy) is 1. The predicted molar refractivity (Wildman–Crippen MR) is 91.5 cm³/mol. The fraction of sp³-hybridized carbons (Fsp3) is 0.667. The maximum Gasteiger partial charge on any atom is 0.0619 e. The second kappa shape index (κ2) is 7.95. The number of nitrogens with zero attached hydrogens (tertiary/aromatic N) is 2. The standard InChI is InChI=1S/C18H29N3O/c1-16(19-17-6-5-13-22-15-17)14-20-9-11-21(12-10-20)18-7-3-2-4-8-18/h2-4,7-8,16-17,19H,5-6,9-15H2,1H3/t16-,17-/m0/s1. The summed E-state index contributed by atoms with van der Waals surface area (Å²) in [5.74, 6) is 0. The molecule has 0 aliphatic carbocycles. The number of hydrogen-bond donors (Lipinski definition) is 1. The minimum Gasteiger partial charge on any atom is -0.380 e. The van der Waals surface area contributed by atoms with Crippen molar-refractivity contribution in [2.24, 2.45) is 0 Å². The van der Waals surface area contributed by atoms with Gasteiger partial charge in [-0.1, -0.05) is 18.2 Å². The van der Waals surface area contributed by atoms with E-state index < -0.39 is 0 Å². The molecule has 0 radical (unpaired) electrons. The third-order valence-electron chi connectivity index (χ3n) is 4.71. The Kier molecular flexibility index (Phi) is 5.70. The maximum absolute atomic E-state index is 5.55. The molecule has 2 saturated heterocycles. The summed E-state index contributed by atoms with van der Waals surface area (Å²) in [5.41, 5.74) is 1.35. The quantitative estimate of drug-likeness (QED) is 0.900. The van der Waals surface area contributed by atoms with Crippen LogP contribution in [0.1, 0.15) is 19.8 Å². The van der Waals surface area contributed by atoms with Crippen LogP contribution in [0, 0.1) is 0 Å². The molecular formula is C18H29N3O.